The van der Waals surface area contributed by atoms with Crippen molar-refractivity contribution < 1.29 is 19.4 Å². The lowest BCUT2D eigenvalue weighted by molar-refractivity contribution is 0.0526. The molecule has 0 amide bonds. The Morgan fingerprint density at radius 1 is 1.40 bits per heavy atom. The van der Waals surface area contributed by atoms with Gasteiger partial charge in [-0.15, -0.1) is 0 Å². The fraction of sp³-hybridized carbons (Fsp3) is 0.533. The second kappa shape index (κ2) is 6.72. The Morgan fingerprint density at radius 3 is 2.65 bits per heavy atom. The van der Waals surface area contributed by atoms with Crippen LogP contribution in [0.2, 0.25) is 0 Å². The number of β-amino-alcohol motifs (C(OH)–C–C–N with tert-alkyl or cyclic N) is 1. The number of aliphatic hydroxyl groups is 1. The molecule has 0 aliphatic carbocycles. The van der Waals surface area contributed by atoms with E-state index in [0.29, 0.717) is 31.1 Å². The molecule has 1 aliphatic rings. The van der Waals surface area contributed by atoms with Crippen molar-refractivity contribution in [1.82, 2.24) is 4.90 Å². The van der Waals surface area contributed by atoms with Crippen LogP contribution in [0, 0.1) is 0 Å². The molecule has 1 aromatic rings. The Balaban J connectivity index is 1.86. The smallest absolute Gasteiger partial charge is 0.338 e. The van der Waals surface area contributed by atoms with Crippen LogP contribution >= 0.6 is 0 Å². The fourth-order valence-corrected chi connectivity index (χ4v) is 2.34. The number of benzene rings is 1. The third-order valence-electron chi connectivity index (χ3n) is 3.47. The van der Waals surface area contributed by atoms with Gasteiger partial charge < -0.3 is 14.6 Å². The lowest BCUT2D eigenvalue weighted by Gasteiger charge is -2.19. The molecule has 5 nitrogen and oxygen atoms in total. The molecule has 110 valence electrons. The zero-order valence-corrected chi connectivity index (χ0v) is 11.9. The van der Waals surface area contributed by atoms with Crippen LogP contribution in [0.5, 0.6) is 5.75 Å². The summed E-state index contributed by atoms with van der Waals surface area (Å²) < 4.78 is 10.6. The monoisotopic (exact) mass is 279 g/mol. The molecule has 1 aliphatic heterocycles. The van der Waals surface area contributed by atoms with Crippen molar-refractivity contribution in [3.63, 3.8) is 0 Å². The van der Waals surface area contributed by atoms with E-state index in [2.05, 4.69) is 4.90 Å². The molecule has 0 radical (unpaired) electrons. The van der Waals surface area contributed by atoms with Crippen LogP contribution in [-0.2, 0) is 4.74 Å². The highest BCUT2D eigenvalue weighted by atomic mass is 16.5. The summed E-state index contributed by atoms with van der Waals surface area (Å²) in [6.45, 7) is 3.37. The van der Waals surface area contributed by atoms with Crippen LogP contribution in [-0.4, -0.2) is 54.9 Å². The molecule has 1 N–H and O–H groups in total. The van der Waals surface area contributed by atoms with E-state index < -0.39 is 0 Å². The Kier molecular flexibility index (Phi) is 4.98. The molecule has 0 bridgehead atoms. The lowest BCUT2D eigenvalue weighted by atomic mass is 10.2. The van der Waals surface area contributed by atoms with Crippen LogP contribution in [0.1, 0.15) is 23.7 Å². The molecule has 1 saturated heterocycles. The maximum Gasteiger partial charge on any atom is 0.338 e. The van der Waals surface area contributed by atoms with E-state index in [4.69, 9.17) is 9.47 Å². The van der Waals surface area contributed by atoms with E-state index in [1.165, 1.54) is 0 Å². The molecule has 1 fully saturated rings. The van der Waals surface area contributed by atoms with Crippen molar-refractivity contribution in [3.8, 4) is 5.75 Å². The Labute approximate surface area is 119 Å². The zero-order chi connectivity index (χ0) is 14.5. The third kappa shape index (κ3) is 3.71. The minimum atomic E-state index is -0.322. The average Bonchev–Trinajstić information content (AvgIpc) is 2.75. The lowest BCUT2D eigenvalue weighted by Crippen LogP contribution is -2.30. The van der Waals surface area contributed by atoms with Gasteiger partial charge in [0.15, 0.2) is 0 Å². The van der Waals surface area contributed by atoms with Crippen molar-refractivity contribution in [2.45, 2.75) is 25.5 Å². The highest BCUT2D eigenvalue weighted by Gasteiger charge is 2.28. The minimum Gasteiger partial charge on any atom is -0.492 e. The molecule has 2 rings (SSSR count). The number of ether oxygens (including phenoxy) is 2. The van der Waals surface area contributed by atoms with E-state index in [1.54, 1.807) is 31.2 Å². The number of hydrogen-bond donors (Lipinski definition) is 1. The van der Waals surface area contributed by atoms with Gasteiger partial charge in [-0.1, -0.05) is 0 Å². The van der Waals surface area contributed by atoms with E-state index in [0.717, 1.165) is 6.42 Å². The molecule has 0 spiro atoms. The maximum atomic E-state index is 11.5. The van der Waals surface area contributed by atoms with Gasteiger partial charge in [0.05, 0.1) is 18.3 Å². The molecular formula is C15H21NO4. The summed E-state index contributed by atoms with van der Waals surface area (Å²) in [7, 11) is 1.98. The van der Waals surface area contributed by atoms with Gasteiger partial charge in [0, 0.05) is 12.6 Å². The van der Waals surface area contributed by atoms with Crippen molar-refractivity contribution >= 4 is 5.97 Å². The highest BCUT2D eigenvalue weighted by molar-refractivity contribution is 5.89. The number of carbonyl (C=O) groups excluding carboxylic acids is 1. The summed E-state index contributed by atoms with van der Waals surface area (Å²) in [6.07, 6.45) is 0.469. The van der Waals surface area contributed by atoms with Gasteiger partial charge in [-0.05, 0) is 44.7 Å². The van der Waals surface area contributed by atoms with Gasteiger partial charge in [-0.2, -0.15) is 0 Å². The second-order valence-electron chi connectivity index (χ2n) is 5.04. The first-order chi connectivity index (χ1) is 9.60. The van der Waals surface area contributed by atoms with Crippen LogP contribution < -0.4 is 4.74 Å². The van der Waals surface area contributed by atoms with Crippen molar-refractivity contribution in [1.29, 1.82) is 0 Å². The van der Waals surface area contributed by atoms with Crippen LogP contribution in [0.3, 0.4) is 0 Å². The zero-order valence-electron chi connectivity index (χ0n) is 11.9. The number of carbonyl (C=O) groups is 1. The highest BCUT2D eigenvalue weighted by Crippen LogP contribution is 2.18. The summed E-state index contributed by atoms with van der Waals surface area (Å²) in [5.41, 5.74) is 0.521. The van der Waals surface area contributed by atoms with Crippen LogP contribution in [0.4, 0.5) is 0 Å². The normalized spacial score (nSPS) is 22.8. The SMILES string of the molecule is CCOC(=O)c1ccc(OC[C@@H]2C[C@@H](O)CN2C)cc1. The summed E-state index contributed by atoms with van der Waals surface area (Å²) in [4.78, 5) is 13.6. The minimum absolute atomic E-state index is 0.231. The average molecular weight is 279 g/mol. The van der Waals surface area contributed by atoms with Crippen LogP contribution in [0.15, 0.2) is 24.3 Å². The van der Waals surface area contributed by atoms with E-state index >= 15 is 0 Å². The first-order valence-electron chi connectivity index (χ1n) is 6.88. The molecular weight excluding hydrogens is 258 g/mol. The molecule has 5 heteroatoms. The molecule has 0 saturated carbocycles. The Hall–Kier alpha value is -1.59. The fourth-order valence-electron chi connectivity index (χ4n) is 2.34. The number of aliphatic hydroxyl groups excluding tert-OH is 1. The van der Waals surface area contributed by atoms with Crippen molar-refractivity contribution in [3.05, 3.63) is 29.8 Å². The molecule has 1 aromatic carbocycles. The molecule has 2 atom stereocenters. The molecule has 1 heterocycles. The predicted octanol–water partition coefficient (Wildman–Crippen LogP) is 1.31. The summed E-state index contributed by atoms with van der Waals surface area (Å²) in [6, 6.07) is 7.14. The van der Waals surface area contributed by atoms with E-state index in [1.807, 2.05) is 7.05 Å². The number of esters is 1. The molecule has 0 unspecified atom stereocenters. The second-order valence-corrected chi connectivity index (χ2v) is 5.04. The van der Waals surface area contributed by atoms with E-state index in [-0.39, 0.29) is 18.1 Å². The predicted molar refractivity (Wildman–Crippen MR) is 74.9 cm³/mol. The van der Waals surface area contributed by atoms with Crippen molar-refractivity contribution in [2.75, 3.05) is 26.8 Å². The number of nitrogens with zero attached hydrogens (tertiary/aromatic N) is 1. The number of likely N-dealkylation sites (N-methyl/N-ethyl adjacent to an activating group) is 1. The van der Waals surface area contributed by atoms with E-state index in [9.17, 15) is 9.90 Å². The van der Waals surface area contributed by atoms with Gasteiger partial charge in [0.2, 0.25) is 0 Å². The Bertz CT molecular complexity index is 446. The van der Waals surface area contributed by atoms with Crippen molar-refractivity contribution in [2.24, 2.45) is 0 Å². The van der Waals surface area contributed by atoms with Gasteiger partial charge in [-0.25, -0.2) is 4.79 Å². The Morgan fingerprint density at radius 2 is 2.10 bits per heavy atom. The number of hydrogen-bond acceptors (Lipinski definition) is 5. The van der Waals surface area contributed by atoms with Gasteiger partial charge >= 0.3 is 5.97 Å². The van der Waals surface area contributed by atoms with Gasteiger partial charge in [0.25, 0.3) is 0 Å². The van der Waals surface area contributed by atoms with Crippen LogP contribution in [0.25, 0.3) is 0 Å². The first kappa shape index (κ1) is 14.8. The standard InChI is InChI=1S/C15H21NO4/c1-3-19-15(18)11-4-6-14(7-5-11)20-10-12-8-13(17)9-16(12)2/h4-7,12-13,17H,3,8-10H2,1-2H3/t12-,13+/m0/s1. The van der Waals surface area contributed by atoms with Gasteiger partial charge in [0.1, 0.15) is 12.4 Å². The largest absolute Gasteiger partial charge is 0.492 e. The first-order valence-corrected chi connectivity index (χ1v) is 6.88. The third-order valence-corrected chi connectivity index (χ3v) is 3.47. The molecule has 20 heavy (non-hydrogen) atoms. The summed E-state index contributed by atoms with van der Waals surface area (Å²) in [5, 5.41) is 9.57. The topological polar surface area (TPSA) is 59.0 Å². The summed E-state index contributed by atoms with van der Waals surface area (Å²) >= 11 is 0. The maximum absolute atomic E-state index is 11.5. The van der Waals surface area contributed by atoms with Gasteiger partial charge in [-0.3, -0.25) is 4.90 Å². The summed E-state index contributed by atoms with van der Waals surface area (Å²) in [5.74, 6) is 0.394. The molecule has 0 aromatic heterocycles. The number of rotatable bonds is 5. The quantitative estimate of drug-likeness (QED) is 0.823. The number of likely N-dealkylation sites (tertiary alicyclic amines) is 1.